The van der Waals surface area contributed by atoms with Crippen LogP contribution in [0.4, 0.5) is 10.1 Å². The number of hydrogen-bond acceptors (Lipinski definition) is 6. The lowest BCUT2D eigenvalue weighted by molar-refractivity contribution is 0.352. The van der Waals surface area contributed by atoms with Gasteiger partial charge in [0.1, 0.15) is 10.8 Å². The first-order valence-electron chi connectivity index (χ1n) is 7.22. The summed E-state index contributed by atoms with van der Waals surface area (Å²) in [6.07, 6.45) is 3.49. The maximum atomic E-state index is 14.1. The Hall–Kier alpha value is -2.67. The Morgan fingerprint density at radius 2 is 1.92 bits per heavy atom. The minimum absolute atomic E-state index is 0.348. The molecule has 5 nitrogen and oxygen atoms in total. The molecule has 0 aliphatic heterocycles. The van der Waals surface area contributed by atoms with Gasteiger partial charge in [0.2, 0.25) is 0 Å². The van der Waals surface area contributed by atoms with E-state index < -0.39 is 5.82 Å². The average Bonchev–Trinajstić information content (AvgIpc) is 3.10. The van der Waals surface area contributed by atoms with Crippen molar-refractivity contribution in [3.05, 3.63) is 53.4 Å². The van der Waals surface area contributed by atoms with Crippen LogP contribution in [0.5, 0.6) is 11.5 Å². The zero-order valence-corrected chi connectivity index (χ0v) is 14.1. The molecule has 1 N–H and O–H groups in total. The van der Waals surface area contributed by atoms with Crippen LogP contribution in [0.15, 0.2) is 42.7 Å². The molecule has 0 unspecified atom stereocenters. The van der Waals surface area contributed by atoms with Crippen LogP contribution in [-0.2, 0) is 6.54 Å². The molecule has 0 atom stereocenters. The number of nitrogens with one attached hydrogen (secondary N) is 1. The Morgan fingerprint density at radius 1 is 1.12 bits per heavy atom. The summed E-state index contributed by atoms with van der Waals surface area (Å²) in [5.41, 5.74) is 1.17. The maximum Gasteiger partial charge on any atom is 0.163 e. The fraction of sp³-hybridized carbons (Fsp3) is 0.176. The molecular formula is C17H16FN3O2S. The van der Waals surface area contributed by atoms with Gasteiger partial charge >= 0.3 is 0 Å². The smallest absolute Gasteiger partial charge is 0.163 e. The highest BCUT2D eigenvalue weighted by atomic mass is 32.1. The summed E-state index contributed by atoms with van der Waals surface area (Å²) >= 11 is 1.51. The number of halogens is 1. The molecule has 0 radical (unpaired) electrons. The van der Waals surface area contributed by atoms with E-state index in [9.17, 15) is 4.39 Å². The number of hydrogen-bond donors (Lipinski definition) is 1. The summed E-state index contributed by atoms with van der Waals surface area (Å²) in [6, 6.07) is 8.56. The van der Waals surface area contributed by atoms with Crippen molar-refractivity contribution < 1.29 is 13.9 Å². The van der Waals surface area contributed by atoms with E-state index in [-0.39, 0.29) is 0 Å². The van der Waals surface area contributed by atoms with E-state index in [0.29, 0.717) is 23.7 Å². The molecule has 7 heteroatoms. The highest BCUT2D eigenvalue weighted by molar-refractivity contribution is 7.15. The molecule has 0 amide bonds. The molecule has 0 fully saturated rings. The fourth-order valence-corrected chi connectivity index (χ4v) is 3.00. The summed E-state index contributed by atoms with van der Waals surface area (Å²) < 4.78 is 24.4. The number of anilines is 1. The van der Waals surface area contributed by atoms with Gasteiger partial charge in [-0.3, -0.25) is 4.98 Å². The predicted octanol–water partition coefficient (Wildman–Crippen LogP) is 3.97. The van der Waals surface area contributed by atoms with Crippen LogP contribution in [0.3, 0.4) is 0 Å². The van der Waals surface area contributed by atoms with E-state index in [0.717, 1.165) is 15.6 Å². The molecule has 124 valence electrons. The molecule has 3 aromatic rings. The van der Waals surface area contributed by atoms with Crippen LogP contribution in [0.1, 0.15) is 4.88 Å². The molecule has 0 saturated heterocycles. The average molecular weight is 345 g/mol. The van der Waals surface area contributed by atoms with Crippen LogP contribution < -0.4 is 14.8 Å². The molecular weight excluding hydrogens is 329 g/mol. The van der Waals surface area contributed by atoms with Gasteiger partial charge in [-0.1, -0.05) is 6.07 Å². The van der Waals surface area contributed by atoms with Gasteiger partial charge < -0.3 is 14.8 Å². The lowest BCUT2D eigenvalue weighted by atomic mass is 10.2. The molecule has 2 aromatic heterocycles. The second kappa shape index (κ2) is 7.27. The minimum Gasteiger partial charge on any atom is -0.493 e. The van der Waals surface area contributed by atoms with Crippen molar-refractivity contribution in [3.63, 3.8) is 0 Å². The molecule has 0 aliphatic rings. The van der Waals surface area contributed by atoms with E-state index in [1.165, 1.54) is 31.6 Å². The molecule has 1 aromatic carbocycles. The third kappa shape index (κ3) is 3.46. The standard InChI is InChI=1S/C17H16FN3O2S/c1-22-15-7-12(18)14(8-16(15)23-2)20-9-11-10-21-17(24-11)13-5-3-4-6-19-13/h3-8,10,20H,9H2,1-2H3. The van der Waals surface area contributed by atoms with E-state index in [1.54, 1.807) is 18.5 Å². The van der Waals surface area contributed by atoms with Crippen LogP contribution in [-0.4, -0.2) is 24.2 Å². The molecule has 0 aliphatic carbocycles. The van der Waals surface area contributed by atoms with Crippen molar-refractivity contribution in [2.45, 2.75) is 6.54 Å². The highest BCUT2D eigenvalue weighted by Crippen LogP contribution is 2.33. The molecule has 0 saturated carbocycles. The number of nitrogens with zero attached hydrogens (tertiary/aromatic N) is 2. The Balaban J connectivity index is 1.73. The number of aromatic nitrogens is 2. The van der Waals surface area contributed by atoms with Crippen molar-refractivity contribution in [3.8, 4) is 22.2 Å². The van der Waals surface area contributed by atoms with Crippen molar-refractivity contribution >= 4 is 17.0 Å². The number of benzene rings is 1. The summed E-state index contributed by atoms with van der Waals surface area (Å²) in [5, 5.41) is 3.89. The van der Waals surface area contributed by atoms with Gasteiger partial charge in [0.25, 0.3) is 0 Å². The zero-order chi connectivity index (χ0) is 16.9. The minimum atomic E-state index is -0.401. The van der Waals surface area contributed by atoms with Gasteiger partial charge in [-0.15, -0.1) is 11.3 Å². The topological polar surface area (TPSA) is 56.3 Å². The largest absolute Gasteiger partial charge is 0.493 e. The lowest BCUT2D eigenvalue weighted by Crippen LogP contribution is -2.01. The van der Waals surface area contributed by atoms with E-state index in [4.69, 9.17) is 9.47 Å². The third-order valence-electron chi connectivity index (χ3n) is 3.36. The lowest BCUT2D eigenvalue weighted by Gasteiger charge is -2.12. The van der Waals surface area contributed by atoms with Crippen molar-refractivity contribution in [2.24, 2.45) is 0 Å². The summed E-state index contributed by atoms with van der Waals surface area (Å²) in [4.78, 5) is 9.61. The van der Waals surface area contributed by atoms with Crippen molar-refractivity contribution in [1.29, 1.82) is 0 Å². The quantitative estimate of drug-likeness (QED) is 0.732. The SMILES string of the molecule is COc1cc(F)c(NCc2cnc(-c3ccccn3)s2)cc1OC. The van der Waals surface area contributed by atoms with Gasteiger partial charge in [0, 0.05) is 29.4 Å². The van der Waals surface area contributed by atoms with Crippen LogP contribution >= 0.6 is 11.3 Å². The summed E-state index contributed by atoms with van der Waals surface area (Å²) in [7, 11) is 2.99. The Bertz CT molecular complexity index is 824. The van der Waals surface area contributed by atoms with E-state index >= 15 is 0 Å². The normalized spacial score (nSPS) is 10.5. The van der Waals surface area contributed by atoms with Crippen molar-refractivity contribution in [1.82, 2.24) is 9.97 Å². The van der Waals surface area contributed by atoms with E-state index in [1.807, 2.05) is 18.2 Å². The zero-order valence-electron chi connectivity index (χ0n) is 13.2. The number of methoxy groups -OCH3 is 2. The second-order valence-corrected chi connectivity index (χ2v) is 6.00. The van der Waals surface area contributed by atoms with E-state index in [2.05, 4.69) is 15.3 Å². The fourth-order valence-electron chi connectivity index (χ4n) is 2.17. The van der Waals surface area contributed by atoms with Gasteiger partial charge in [0.15, 0.2) is 11.5 Å². The number of ether oxygens (including phenoxy) is 2. The van der Waals surface area contributed by atoms with Gasteiger partial charge in [0.05, 0.1) is 32.1 Å². The number of rotatable bonds is 6. The second-order valence-electron chi connectivity index (χ2n) is 4.89. The molecule has 0 spiro atoms. The number of pyridine rings is 1. The summed E-state index contributed by atoms with van der Waals surface area (Å²) in [6.45, 7) is 0.455. The number of thiazole rings is 1. The van der Waals surface area contributed by atoms with Crippen LogP contribution in [0.2, 0.25) is 0 Å². The molecule has 24 heavy (non-hydrogen) atoms. The van der Waals surface area contributed by atoms with Crippen molar-refractivity contribution in [2.75, 3.05) is 19.5 Å². The Labute approximate surface area is 143 Å². The monoisotopic (exact) mass is 345 g/mol. The Morgan fingerprint density at radius 3 is 2.62 bits per heavy atom. The first-order chi connectivity index (χ1) is 11.7. The van der Waals surface area contributed by atoms with Gasteiger partial charge in [-0.2, -0.15) is 0 Å². The first-order valence-corrected chi connectivity index (χ1v) is 8.04. The van der Waals surface area contributed by atoms with Gasteiger partial charge in [-0.25, -0.2) is 9.37 Å². The van der Waals surface area contributed by atoms with Crippen LogP contribution in [0.25, 0.3) is 10.7 Å². The molecule has 3 rings (SSSR count). The first kappa shape index (κ1) is 16.2. The highest BCUT2D eigenvalue weighted by Gasteiger charge is 2.12. The Kier molecular flexibility index (Phi) is 4.90. The predicted molar refractivity (Wildman–Crippen MR) is 92.2 cm³/mol. The molecule has 0 bridgehead atoms. The van der Waals surface area contributed by atoms with Crippen LogP contribution in [0, 0.1) is 5.82 Å². The van der Waals surface area contributed by atoms with Gasteiger partial charge in [-0.05, 0) is 12.1 Å². The maximum absolute atomic E-state index is 14.1. The molecule has 2 heterocycles. The third-order valence-corrected chi connectivity index (χ3v) is 4.38. The summed E-state index contributed by atoms with van der Waals surface area (Å²) in [5.74, 6) is 0.428.